The zero-order valence-electron chi connectivity index (χ0n) is 11.5. The van der Waals surface area contributed by atoms with Crippen LogP contribution in [-0.4, -0.2) is 41.2 Å². The fourth-order valence-corrected chi connectivity index (χ4v) is 1.52. The van der Waals surface area contributed by atoms with Gasteiger partial charge in [-0.3, -0.25) is 9.78 Å². The van der Waals surface area contributed by atoms with E-state index < -0.39 is 24.0 Å². The summed E-state index contributed by atoms with van der Waals surface area (Å²) in [6.45, 7) is 0.225. The Kier molecular flexibility index (Phi) is 6.66. The predicted molar refractivity (Wildman–Crippen MR) is 72.3 cm³/mol. The van der Waals surface area contributed by atoms with Crippen molar-refractivity contribution >= 4 is 18.0 Å². The van der Waals surface area contributed by atoms with Gasteiger partial charge < -0.3 is 20.5 Å². The maximum atomic E-state index is 11.6. The zero-order valence-corrected chi connectivity index (χ0v) is 11.5. The molecule has 0 aromatic carbocycles. The van der Waals surface area contributed by atoms with E-state index in [1.165, 1.54) is 7.11 Å². The molecule has 0 unspecified atom stereocenters. The molecule has 0 saturated carbocycles. The van der Waals surface area contributed by atoms with Crippen LogP contribution in [0.15, 0.2) is 24.5 Å². The topological polar surface area (TPSA) is 118 Å². The van der Waals surface area contributed by atoms with E-state index in [-0.39, 0.29) is 19.4 Å². The first-order valence-corrected chi connectivity index (χ1v) is 6.26. The van der Waals surface area contributed by atoms with Crippen molar-refractivity contribution < 1.29 is 24.2 Å². The van der Waals surface area contributed by atoms with E-state index >= 15 is 0 Å². The molecule has 1 aromatic heterocycles. The molecule has 0 saturated heterocycles. The molecule has 0 spiro atoms. The highest BCUT2D eigenvalue weighted by atomic mass is 16.5. The smallest absolute Gasteiger partial charge is 0.326 e. The number of carbonyl (C=O) groups excluding carboxylic acids is 2. The highest BCUT2D eigenvalue weighted by molar-refractivity contribution is 5.83. The minimum atomic E-state index is -1.21. The maximum Gasteiger partial charge on any atom is 0.326 e. The van der Waals surface area contributed by atoms with Gasteiger partial charge in [-0.25, -0.2) is 9.59 Å². The number of aromatic nitrogens is 1. The fraction of sp³-hybridized carbons (Fsp3) is 0.385. The van der Waals surface area contributed by atoms with Gasteiger partial charge in [-0.05, 0) is 18.1 Å². The fourth-order valence-electron chi connectivity index (χ4n) is 1.52. The Bertz CT molecular complexity index is 492. The van der Waals surface area contributed by atoms with Crippen LogP contribution in [0.3, 0.4) is 0 Å². The molecule has 1 rings (SSSR count). The van der Waals surface area contributed by atoms with Gasteiger partial charge in [-0.15, -0.1) is 0 Å². The van der Waals surface area contributed by atoms with Crippen LogP contribution in [-0.2, 0) is 20.9 Å². The van der Waals surface area contributed by atoms with Crippen molar-refractivity contribution in [3.63, 3.8) is 0 Å². The van der Waals surface area contributed by atoms with E-state index in [2.05, 4.69) is 20.4 Å². The summed E-state index contributed by atoms with van der Waals surface area (Å²) < 4.78 is 4.42. The molecule has 0 fully saturated rings. The van der Waals surface area contributed by atoms with Crippen LogP contribution in [0.5, 0.6) is 0 Å². The molecule has 8 nitrogen and oxygen atoms in total. The first kappa shape index (κ1) is 16.4. The van der Waals surface area contributed by atoms with Crippen LogP contribution >= 0.6 is 0 Å². The molecule has 2 amide bonds. The number of amides is 2. The average molecular weight is 295 g/mol. The Morgan fingerprint density at radius 3 is 2.76 bits per heavy atom. The van der Waals surface area contributed by atoms with E-state index in [9.17, 15) is 14.4 Å². The summed E-state index contributed by atoms with van der Waals surface area (Å²) in [5.41, 5.74) is 0.786. The molecule has 21 heavy (non-hydrogen) atoms. The lowest BCUT2D eigenvalue weighted by molar-refractivity contribution is -0.142. The lowest BCUT2D eigenvalue weighted by Crippen LogP contribution is -2.46. The number of hydrogen-bond donors (Lipinski definition) is 3. The van der Waals surface area contributed by atoms with E-state index in [0.29, 0.717) is 0 Å². The molecule has 0 bridgehead atoms. The van der Waals surface area contributed by atoms with Crippen LogP contribution in [0.4, 0.5) is 4.79 Å². The van der Waals surface area contributed by atoms with Crippen LogP contribution < -0.4 is 10.6 Å². The van der Waals surface area contributed by atoms with Crippen LogP contribution in [0, 0.1) is 0 Å². The summed E-state index contributed by atoms with van der Waals surface area (Å²) in [4.78, 5) is 37.5. The minimum absolute atomic E-state index is 0.0394. The largest absolute Gasteiger partial charge is 0.480 e. The van der Waals surface area contributed by atoms with Crippen molar-refractivity contribution in [3.8, 4) is 0 Å². The Morgan fingerprint density at radius 2 is 2.19 bits per heavy atom. The van der Waals surface area contributed by atoms with Gasteiger partial charge in [-0.1, -0.05) is 6.07 Å². The first-order valence-electron chi connectivity index (χ1n) is 6.26. The van der Waals surface area contributed by atoms with Crippen molar-refractivity contribution in [1.29, 1.82) is 0 Å². The third kappa shape index (κ3) is 6.37. The second kappa shape index (κ2) is 8.51. The van der Waals surface area contributed by atoms with Crippen molar-refractivity contribution in [3.05, 3.63) is 30.1 Å². The summed E-state index contributed by atoms with van der Waals surface area (Å²) >= 11 is 0. The molecule has 1 heterocycles. The number of carboxylic acids is 1. The number of nitrogens with one attached hydrogen (secondary N) is 2. The second-order valence-corrected chi connectivity index (χ2v) is 4.19. The summed E-state index contributed by atoms with van der Waals surface area (Å²) in [6.07, 6.45) is 3.07. The highest BCUT2D eigenvalue weighted by Gasteiger charge is 2.21. The molecular formula is C13H17N3O5. The van der Waals surface area contributed by atoms with Crippen LogP contribution in [0.2, 0.25) is 0 Å². The molecule has 1 aromatic rings. The molecule has 0 radical (unpaired) electrons. The Morgan fingerprint density at radius 1 is 1.43 bits per heavy atom. The number of nitrogens with zero attached hydrogens (tertiary/aromatic N) is 1. The normalized spacial score (nSPS) is 11.3. The lowest BCUT2D eigenvalue weighted by Gasteiger charge is -2.14. The van der Waals surface area contributed by atoms with Gasteiger partial charge in [0.25, 0.3) is 0 Å². The Hall–Kier alpha value is -2.64. The molecule has 3 N–H and O–H groups in total. The van der Waals surface area contributed by atoms with Gasteiger partial charge in [0.1, 0.15) is 6.04 Å². The highest BCUT2D eigenvalue weighted by Crippen LogP contribution is 2.00. The van der Waals surface area contributed by atoms with E-state index in [1.54, 1.807) is 24.5 Å². The lowest BCUT2D eigenvalue weighted by atomic mass is 10.1. The van der Waals surface area contributed by atoms with E-state index in [1.807, 2.05) is 0 Å². The summed E-state index contributed by atoms with van der Waals surface area (Å²) in [7, 11) is 1.21. The monoisotopic (exact) mass is 295 g/mol. The molecule has 0 aliphatic heterocycles. The quantitative estimate of drug-likeness (QED) is 0.622. The van der Waals surface area contributed by atoms with Crippen molar-refractivity contribution in [2.24, 2.45) is 0 Å². The van der Waals surface area contributed by atoms with E-state index in [4.69, 9.17) is 5.11 Å². The van der Waals surface area contributed by atoms with Crippen molar-refractivity contribution in [2.75, 3.05) is 7.11 Å². The number of carboxylic acid groups (broad SMARTS) is 1. The van der Waals surface area contributed by atoms with Crippen molar-refractivity contribution in [1.82, 2.24) is 15.6 Å². The Labute approximate surface area is 121 Å². The number of aliphatic carboxylic acids is 1. The summed E-state index contributed by atoms with van der Waals surface area (Å²) in [6, 6.07) is 1.72. The van der Waals surface area contributed by atoms with Crippen molar-refractivity contribution in [2.45, 2.75) is 25.4 Å². The number of carbonyl (C=O) groups is 3. The summed E-state index contributed by atoms with van der Waals surface area (Å²) in [5.74, 6) is -1.74. The average Bonchev–Trinajstić information content (AvgIpc) is 2.49. The number of methoxy groups -OCH3 is 1. The van der Waals surface area contributed by atoms with Gasteiger partial charge in [0.15, 0.2) is 0 Å². The molecule has 114 valence electrons. The number of pyridine rings is 1. The Balaban J connectivity index is 2.41. The number of rotatable bonds is 7. The molecule has 1 atom stereocenters. The number of urea groups is 1. The van der Waals surface area contributed by atoms with E-state index in [0.717, 1.165) is 5.56 Å². The minimum Gasteiger partial charge on any atom is -0.480 e. The predicted octanol–water partition coefficient (Wildman–Crippen LogP) is 0.287. The molecular weight excluding hydrogens is 278 g/mol. The van der Waals surface area contributed by atoms with Gasteiger partial charge in [-0.2, -0.15) is 0 Å². The summed E-state index contributed by atoms with van der Waals surface area (Å²) in [5, 5.41) is 13.8. The van der Waals surface area contributed by atoms with Crippen LogP contribution in [0.25, 0.3) is 0 Å². The maximum absolute atomic E-state index is 11.6. The van der Waals surface area contributed by atoms with Crippen LogP contribution in [0.1, 0.15) is 18.4 Å². The third-order valence-corrected chi connectivity index (χ3v) is 2.64. The second-order valence-electron chi connectivity index (χ2n) is 4.19. The van der Waals surface area contributed by atoms with Gasteiger partial charge in [0, 0.05) is 25.4 Å². The van der Waals surface area contributed by atoms with Gasteiger partial charge in [0.2, 0.25) is 0 Å². The molecule has 0 aliphatic rings. The molecule has 8 heteroatoms. The number of esters is 1. The third-order valence-electron chi connectivity index (χ3n) is 2.64. The first-order chi connectivity index (χ1) is 10.0. The molecule has 0 aliphatic carbocycles. The van der Waals surface area contributed by atoms with Gasteiger partial charge in [0.05, 0.1) is 7.11 Å². The van der Waals surface area contributed by atoms with Gasteiger partial charge >= 0.3 is 18.0 Å². The zero-order chi connectivity index (χ0) is 15.7. The SMILES string of the molecule is COC(=O)CC[C@H](NC(=O)NCc1cccnc1)C(=O)O. The standard InChI is InChI=1S/C13H17N3O5/c1-21-11(17)5-4-10(12(18)19)16-13(20)15-8-9-3-2-6-14-7-9/h2-3,6-7,10H,4-5,8H2,1H3,(H,18,19)(H2,15,16,20)/t10-/m0/s1. The number of ether oxygens (including phenoxy) is 1. The number of hydrogen-bond acceptors (Lipinski definition) is 5.